The lowest BCUT2D eigenvalue weighted by atomic mass is 9.84. The van der Waals surface area contributed by atoms with E-state index in [9.17, 15) is 5.11 Å². The van der Waals surface area contributed by atoms with Gasteiger partial charge in [0.15, 0.2) is 0 Å². The molecule has 2 nitrogen and oxygen atoms in total. The first-order chi connectivity index (χ1) is 7.79. The SMILES string of the molecule is NCc1cc(O)ccc1CC1CCCCC1. The van der Waals surface area contributed by atoms with E-state index in [2.05, 4.69) is 0 Å². The molecular formula is C14H21NO. The number of hydrogen-bond donors (Lipinski definition) is 2. The van der Waals surface area contributed by atoms with Gasteiger partial charge in [0.25, 0.3) is 0 Å². The molecule has 1 aliphatic carbocycles. The van der Waals surface area contributed by atoms with Crippen LogP contribution in [-0.4, -0.2) is 5.11 Å². The van der Waals surface area contributed by atoms with E-state index in [1.165, 1.54) is 37.7 Å². The van der Waals surface area contributed by atoms with Gasteiger partial charge in [0.1, 0.15) is 5.75 Å². The Morgan fingerprint density at radius 1 is 1.12 bits per heavy atom. The van der Waals surface area contributed by atoms with E-state index < -0.39 is 0 Å². The number of nitrogens with two attached hydrogens (primary N) is 1. The Hall–Kier alpha value is -1.02. The summed E-state index contributed by atoms with van der Waals surface area (Å²) in [7, 11) is 0. The number of benzene rings is 1. The lowest BCUT2D eigenvalue weighted by molar-refractivity contribution is 0.356. The van der Waals surface area contributed by atoms with E-state index in [4.69, 9.17) is 5.73 Å². The maximum atomic E-state index is 9.42. The molecule has 1 aromatic carbocycles. The second-order valence-corrected chi connectivity index (χ2v) is 4.87. The molecule has 0 spiro atoms. The van der Waals surface area contributed by atoms with Gasteiger partial charge < -0.3 is 10.8 Å². The lowest BCUT2D eigenvalue weighted by Crippen LogP contribution is -2.11. The monoisotopic (exact) mass is 219 g/mol. The zero-order valence-corrected chi connectivity index (χ0v) is 9.78. The highest BCUT2D eigenvalue weighted by Gasteiger charge is 2.15. The van der Waals surface area contributed by atoms with Crippen molar-refractivity contribution < 1.29 is 5.11 Å². The topological polar surface area (TPSA) is 46.2 Å². The van der Waals surface area contributed by atoms with Gasteiger partial charge in [-0.2, -0.15) is 0 Å². The molecule has 0 aromatic heterocycles. The van der Waals surface area contributed by atoms with Crippen LogP contribution in [0.3, 0.4) is 0 Å². The van der Waals surface area contributed by atoms with Gasteiger partial charge in [-0.1, -0.05) is 38.2 Å². The number of rotatable bonds is 3. The largest absolute Gasteiger partial charge is 0.508 e. The summed E-state index contributed by atoms with van der Waals surface area (Å²) >= 11 is 0. The summed E-state index contributed by atoms with van der Waals surface area (Å²) in [5, 5.41) is 9.42. The van der Waals surface area contributed by atoms with Crippen molar-refractivity contribution in [2.24, 2.45) is 11.7 Å². The normalized spacial score (nSPS) is 17.6. The Morgan fingerprint density at radius 2 is 1.88 bits per heavy atom. The van der Waals surface area contributed by atoms with Crippen molar-refractivity contribution in [1.82, 2.24) is 0 Å². The summed E-state index contributed by atoms with van der Waals surface area (Å²) in [6.45, 7) is 0.524. The Balaban J connectivity index is 2.07. The van der Waals surface area contributed by atoms with Crippen LogP contribution in [-0.2, 0) is 13.0 Å². The van der Waals surface area contributed by atoms with E-state index in [0.717, 1.165) is 17.9 Å². The summed E-state index contributed by atoms with van der Waals surface area (Å²) in [6, 6.07) is 5.61. The summed E-state index contributed by atoms with van der Waals surface area (Å²) < 4.78 is 0. The molecule has 1 saturated carbocycles. The van der Waals surface area contributed by atoms with Gasteiger partial charge in [-0.25, -0.2) is 0 Å². The molecule has 0 radical (unpaired) electrons. The van der Waals surface area contributed by atoms with Crippen molar-refractivity contribution in [1.29, 1.82) is 0 Å². The number of hydrogen-bond acceptors (Lipinski definition) is 2. The molecule has 0 atom stereocenters. The van der Waals surface area contributed by atoms with Gasteiger partial charge in [0.2, 0.25) is 0 Å². The molecule has 0 bridgehead atoms. The first-order valence-corrected chi connectivity index (χ1v) is 6.30. The number of aromatic hydroxyl groups is 1. The fourth-order valence-corrected chi connectivity index (χ4v) is 2.70. The fourth-order valence-electron chi connectivity index (χ4n) is 2.70. The molecular weight excluding hydrogens is 198 g/mol. The van der Waals surface area contributed by atoms with Crippen molar-refractivity contribution in [3.05, 3.63) is 29.3 Å². The summed E-state index contributed by atoms with van der Waals surface area (Å²) in [6.07, 6.45) is 7.99. The van der Waals surface area contributed by atoms with Crippen LogP contribution >= 0.6 is 0 Å². The third kappa shape index (κ3) is 2.76. The molecule has 2 rings (SSSR count). The van der Waals surface area contributed by atoms with E-state index in [1.807, 2.05) is 6.07 Å². The smallest absolute Gasteiger partial charge is 0.115 e. The van der Waals surface area contributed by atoms with Crippen molar-refractivity contribution in [3.63, 3.8) is 0 Å². The van der Waals surface area contributed by atoms with Gasteiger partial charge in [-0.15, -0.1) is 0 Å². The van der Waals surface area contributed by atoms with Crippen LogP contribution in [0.1, 0.15) is 43.2 Å². The fraction of sp³-hybridized carbons (Fsp3) is 0.571. The third-order valence-corrected chi connectivity index (χ3v) is 3.64. The molecule has 0 aliphatic heterocycles. The van der Waals surface area contributed by atoms with Crippen molar-refractivity contribution in [2.45, 2.75) is 45.1 Å². The molecule has 2 heteroatoms. The third-order valence-electron chi connectivity index (χ3n) is 3.64. The Bertz CT molecular complexity index is 343. The molecule has 0 unspecified atom stereocenters. The van der Waals surface area contributed by atoms with E-state index in [0.29, 0.717) is 12.3 Å². The minimum absolute atomic E-state index is 0.327. The van der Waals surface area contributed by atoms with Gasteiger partial charge >= 0.3 is 0 Å². The molecule has 1 aliphatic rings. The Morgan fingerprint density at radius 3 is 2.56 bits per heavy atom. The highest BCUT2D eigenvalue weighted by molar-refractivity contribution is 5.35. The average Bonchev–Trinajstić information content (AvgIpc) is 2.33. The molecule has 3 N–H and O–H groups in total. The minimum atomic E-state index is 0.327. The van der Waals surface area contributed by atoms with Crippen LogP contribution in [0.5, 0.6) is 5.75 Å². The molecule has 16 heavy (non-hydrogen) atoms. The Kier molecular flexibility index (Phi) is 3.83. The molecule has 1 fully saturated rings. The number of phenolic OH excluding ortho intramolecular Hbond substituents is 1. The minimum Gasteiger partial charge on any atom is -0.508 e. The molecule has 88 valence electrons. The maximum Gasteiger partial charge on any atom is 0.115 e. The lowest BCUT2D eigenvalue weighted by Gasteiger charge is -2.22. The van der Waals surface area contributed by atoms with Crippen LogP contribution in [0, 0.1) is 5.92 Å². The van der Waals surface area contributed by atoms with E-state index in [-0.39, 0.29) is 0 Å². The predicted octanol–water partition coefficient (Wildman–Crippen LogP) is 2.97. The highest BCUT2D eigenvalue weighted by Crippen LogP contribution is 2.28. The van der Waals surface area contributed by atoms with Gasteiger partial charge in [-0.05, 0) is 35.6 Å². The first-order valence-electron chi connectivity index (χ1n) is 6.30. The molecule has 1 aromatic rings. The van der Waals surface area contributed by atoms with Crippen LogP contribution < -0.4 is 5.73 Å². The van der Waals surface area contributed by atoms with Crippen molar-refractivity contribution in [2.75, 3.05) is 0 Å². The van der Waals surface area contributed by atoms with Crippen LogP contribution in [0.4, 0.5) is 0 Å². The average molecular weight is 219 g/mol. The first kappa shape index (κ1) is 11.5. The molecule has 0 heterocycles. The van der Waals surface area contributed by atoms with Crippen molar-refractivity contribution in [3.8, 4) is 5.75 Å². The highest BCUT2D eigenvalue weighted by atomic mass is 16.3. The second kappa shape index (κ2) is 5.35. The zero-order valence-electron chi connectivity index (χ0n) is 9.78. The van der Waals surface area contributed by atoms with E-state index in [1.54, 1.807) is 12.1 Å². The second-order valence-electron chi connectivity index (χ2n) is 4.87. The van der Waals surface area contributed by atoms with Crippen molar-refractivity contribution >= 4 is 0 Å². The van der Waals surface area contributed by atoms with E-state index >= 15 is 0 Å². The van der Waals surface area contributed by atoms with Gasteiger partial charge in [0, 0.05) is 6.54 Å². The summed E-state index contributed by atoms with van der Waals surface area (Å²) in [4.78, 5) is 0. The standard InChI is InChI=1S/C14H21NO/c15-10-13-9-14(16)7-6-12(13)8-11-4-2-1-3-5-11/h6-7,9,11,16H,1-5,8,10,15H2. The number of phenols is 1. The summed E-state index contributed by atoms with van der Waals surface area (Å²) in [5.41, 5.74) is 8.14. The van der Waals surface area contributed by atoms with Crippen LogP contribution in [0.2, 0.25) is 0 Å². The predicted molar refractivity (Wildman–Crippen MR) is 66.3 cm³/mol. The van der Waals surface area contributed by atoms with Crippen LogP contribution in [0.25, 0.3) is 0 Å². The quantitative estimate of drug-likeness (QED) is 0.821. The van der Waals surface area contributed by atoms with Gasteiger partial charge in [-0.3, -0.25) is 0 Å². The summed E-state index contributed by atoms with van der Waals surface area (Å²) in [5.74, 6) is 1.15. The molecule has 0 saturated heterocycles. The maximum absolute atomic E-state index is 9.42. The Labute approximate surface area is 97.5 Å². The molecule has 0 amide bonds. The zero-order chi connectivity index (χ0) is 11.4. The van der Waals surface area contributed by atoms with Crippen LogP contribution in [0.15, 0.2) is 18.2 Å². The van der Waals surface area contributed by atoms with Gasteiger partial charge in [0.05, 0.1) is 0 Å².